The highest BCUT2D eigenvalue weighted by Gasteiger charge is 2.18. The summed E-state index contributed by atoms with van der Waals surface area (Å²) in [6.07, 6.45) is 0.605. The second-order valence-corrected chi connectivity index (χ2v) is 4.37. The molecule has 1 aromatic carbocycles. The van der Waals surface area contributed by atoms with E-state index in [2.05, 4.69) is 5.32 Å². The van der Waals surface area contributed by atoms with E-state index in [0.29, 0.717) is 29.9 Å². The van der Waals surface area contributed by atoms with Crippen molar-refractivity contribution in [1.29, 1.82) is 0 Å². The van der Waals surface area contributed by atoms with Gasteiger partial charge in [0.05, 0.1) is 11.2 Å². The summed E-state index contributed by atoms with van der Waals surface area (Å²) >= 11 is 0. The highest BCUT2D eigenvalue weighted by atomic mass is 16.3. The third-order valence-electron chi connectivity index (χ3n) is 2.73. The molecule has 1 unspecified atom stereocenters. The van der Waals surface area contributed by atoms with Gasteiger partial charge in [0.2, 0.25) is 0 Å². The standard InChI is InChI=1S/C12H19N3O2/c1-3-12(2,17)7-15-10-6-8(13)4-5-9(10)11(14)16/h4-6,15,17H,3,7,13H2,1-2H3,(H2,14,16). The van der Waals surface area contributed by atoms with E-state index < -0.39 is 11.5 Å². The maximum absolute atomic E-state index is 11.2. The molecule has 17 heavy (non-hydrogen) atoms. The summed E-state index contributed by atoms with van der Waals surface area (Å²) in [5.74, 6) is -0.524. The molecule has 1 aromatic rings. The first-order chi connectivity index (χ1) is 7.85. The van der Waals surface area contributed by atoms with Crippen LogP contribution in [0.25, 0.3) is 0 Å². The number of nitrogen functional groups attached to an aromatic ring is 1. The van der Waals surface area contributed by atoms with Gasteiger partial charge in [-0.3, -0.25) is 4.79 Å². The van der Waals surface area contributed by atoms with Gasteiger partial charge in [-0.25, -0.2) is 0 Å². The lowest BCUT2D eigenvalue weighted by Gasteiger charge is -2.23. The summed E-state index contributed by atoms with van der Waals surface area (Å²) < 4.78 is 0. The van der Waals surface area contributed by atoms with Crippen LogP contribution in [0, 0.1) is 0 Å². The van der Waals surface area contributed by atoms with Crippen molar-refractivity contribution in [3.05, 3.63) is 23.8 Å². The molecule has 0 saturated carbocycles. The van der Waals surface area contributed by atoms with Crippen molar-refractivity contribution in [1.82, 2.24) is 0 Å². The first-order valence-corrected chi connectivity index (χ1v) is 5.51. The molecule has 5 heteroatoms. The number of benzene rings is 1. The molecule has 0 aromatic heterocycles. The average molecular weight is 237 g/mol. The minimum atomic E-state index is -0.834. The highest BCUT2D eigenvalue weighted by Crippen LogP contribution is 2.20. The van der Waals surface area contributed by atoms with Gasteiger partial charge >= 0.3 is 0 Å². The van der Waals surface area contributed by atoms with Crippen LogP contribution >= 0.6 is 0 Å². The molecule has 0 heterocycles. The molecule has 0 spiro atoms. The highest BCUT2D eigenvalue weighted by molar-refractivity contribution is 5.99. The molecule has 1 rings (SSSR count). The molecule has 0 radical (unpaired) electrons. The smallest absolute Gasteiger partial charge is 0.250 e. The van der Waals surface area contributed by atoms with Gasteiger partial charge in [0.1, 0.15) is 0 Å². The third kappa shape index (κ3) is 3.64. The van der Waals surface area contributed by atoms with Gasteiger partial charge in [0.15, 0.2) is 0 Å². The van der Waals surface area contributed by atoms with Gasteiger partial charge in [-0.2, -0.15) is 0 Å². The Kier molecular flexibility index (Phi) is 3.96. The normalized spacial score (nSPS) is 14.1. The van der Waals surface area contributed by atoms with Crippen LogP contribution in [0.5, 0.6) is 0 Å². The van der Waals surface area contributed by atoms with Crippen LogP contribution in [-0.4, -0.2) is 23.2 Å². The van der Waals surface area contributed by atoms with E-state index in [0.717, 1.165) is 0 Å². The zero-order valence-electron chi connectivity index (χ0n) is 10.2. The van der Waals surface area contributed by atoms with E-state index in [1.54, 1.807) is 25.1 Å². The fraction of sp³-hybridized carbons (Fsp3) is 0.417. The van der Waals surface area contributed by atoms with Crippen molar-refractivity contribution >= 4 is 17.3 Å². The molecule has 5 nitrogen and oxygen atoms in total. The molecular formula is C12H19N3O2. The number of anilines is 2. The summed E-state index contributed by atoms with van der Waals surface area (Å²) in [4.78, 5) is 11.2. The molecule has 0 aliphatic carbocycles. The first-order valence-electron chi connectivity index (χ1n) is 5.51. The van der Waals surface area contributed by atoms with Crippen molar-refractivity contribution in [3.8, 4) is 0 Å². The van der Waals surface area contributed by atoms with Gasteiger partial charge in [0.25, 0.3) is 5.91 Å². The molecule has 0 bridgehead atoms. The summed E-state index contributed by atoms with van der Waals surface area (Å²) in [5.41, 5.74) is 11.5. The van der Waals surface area contributed by atoms with E-state index in [9.17, 15) is 9.90 Å². The van der Waals surface area contributed by atoms with Crippen molar-refractivity contribution in [2.75, 3.05) is 17.6 Å². The van der Waals surface area contributed by atoms with Gasteiger partial charge in [-0.05, 0) is 31.5 Å². The Labute approximate surface area is 101 Å². The van der Waals surface area contributed by atoms with Crippen LogP contribution in [0.1, 0.15) is 30.6 Å². The van der Waals surface area contributed by atoms with Gasteiger partial charge in [-0.1, -0.05) is 6.92 Å². The Morgan fingerprint density at radius 3 is 2.71 bits per heavy atom. The lowest BCUT2D eigenvalue weighted by Crippen LogP contribution is -2.33. The molecule has 6 N–H and O–H groups in total. The fourth-order valence-electron chi connectivity index (χ4n) is 1.33. The van der Waals surface area contributed by atoms with Crippen LogP contribution in [0.15, 0.2) is 18.2 Å². The molecule has 1 amide bonds. The van der Waals surface area contributed by atoms with Crippen LogP contribution in [0.2, 0.25) is 0 Å². The number of carbonyl (C=O) groups excluding carboxylic acids is 1. The number of carbonyl (C=O) groups is 1. The Bertz CT molecular complexity index is 416. The van der Waals surface area contributed by atoms with Crippen molar-refractivity contribution in [2.45, 2.75) is 25.9 Å². The molecule has 0 aliphatic rings. The average Bonchev–Trinajstić information content (AvgIpc) is 2.26. The van der Waals surface area contributed by atoms with Gasteiger partial charge in [-0.15, -0.1) is 0 Å². The van der Waals surface area contributed by atoms with Crippen LogP contribution < -0.4 is 16.8 Å². The van der Waals surface area contributed by atoms with E-state index in [1.165, 1.54) is 0 Å². The maximum atomic E-state index is 11.2. The maximum Gasteiger partial charge on any atom is 0.250 e. The van der Waals surface area contributed by atoms with Crippen molar-refractivity contribution in [2.24, 2.45) is 5.73 Å². The summed E-state index contributed by atoms with van der Waals surface area (Å²) in [5, 5.41) is 12.9. The summed E-state index contributed by atoms with van der Waals surface area (Å²) in [6, 6.07) is 4.82. The van der Waals surface area contributed by atoms with Crippen LogP contribution in [0.3, 0.4) is 0 Å². The number of hydrogen-bond acceptors (Lipinski definition) is 4. The number of nitrogens with one attached hydrogen (secondary N) is 1. The van der Waals surface area contributed by atoms with E-state index in [4.69, 9.17) is 11.5 Å². The van der Waals surface area contributed by atoms with Crippen LogP contribution in [-0.2, 0) is 0 Å². The molecule has 0 fully saturated rings. The largest absolute Gasteiger partial charge is 0.399 e. The Morgan fingerprint density at radius 2 is 2.18 bits per heavy atom. The summed E-state index contributed by atoms with van der Waals surface area (Å²) in [7, 11) is 0. The Morgan fingerprint density at radius 1 is 1.53 bits per heavy atom. The Hall–Kier alpha value is -1.75. The number of aliphatic hydroxyl groups is 1. The quantitative estimate of drug-likeness (QED) is 0.572. The fourth-order valence-corrected chi connectivity index (χ4v) is 1.33. The van der Waals surface area contributed by atoms with E-state index >= 15 is 0 Å². The molecule has 1 atom stereocenters. The minimum absolute atomic E-state index is 0.327. The van der Waals surface area contributed by atoms with E-state index in [-0.39, 0.29) is 0 Å². The van der Waals surface area contributed by atoms with Crippen molar-refractivity contribution in [3.63, 3.8) is 0 Å². The van der Waals surface area contributed by atoms with Gasteiger partial charge in [0, 0.05) is 17.9 Å². The van der Waals surface area contributed by atoms with Crippen LogP contribution in [0.4, 0.5) is 11.4 Å². The number of hydrogen-bond donors (Lipinski definition) is 4. The number of rotatable bonds is 5. The molecular weight excluding hydrogens is 218 g/mol. The predicted molar refractivity (Wildman–Crippen MR) is 68.8 cm³/mol. The summed E-state index contributed by atoms with van der Waals surface area (Å²) in [6.45, 7) is 3.93. The number of amides is 1. The SMILES string of the molecule is CCC(C)(O)CNc1cc(N)ccc1C(N)=O. The minimum Gasteiger partial charge on any atom is -0.399 e. The lowest BCUT2D eigenvalue weighted by molar-refractivity contribution is 0.0696. The lowest BCUT2D eigenvalue weighted by atomic mass is 10.0. The zero-order valence-corrected chi connectivity index (χ0v) is 10.2. The monoisotopic (exact) mass is 237 g/mol. The Balaban J connectivity index is 2.89. The molecule has 94 valence electrons. The number of nitrogens with two attached hydrogens (primary N) is 2. The zero-order chi connectivity index (χ0) is 13.1. The third-order valence-corrected chi connectivity index (χ3v) is 2.73. The first kappa shape index (κ1) is 13.3. The topological polar surface area (TPSA) is 101 Å². The number of primary amides is 1. The second-order valence-electron chi connectivity index (χ2n) is 4.37. The van der Waals surface area contributed by atoms with E-state index in [1.807, 2.05) is 6.92 Å². The molecule has 0 saturated heterocycles. The van der Waals surface area contributed by atoms with Crippen molar-refractivity contribution < 1.29 is 9.90 Å². The predicted octanol–water partition coefficient (Wildman–Crippen LogP) is 0.941. The molecule has 0 aliphatic heterocycles. The second kappa shape index (κ2) is 5.05. The van der Waals surface area contributed by atoms with Gasteiger partial charge < -0.3 is 21.9 Å².